The molecule has 3 aromatic rings. The average molecular weight is 381 g/mol. The smallest absolute Gasteiger partial charge is 0.115 e. The van der Waals surface area contributed by atoms with Gasteiger partial charge in [-0.2, -0.15) is 0 Å². The summed E-state index contributed by atoms with van der Waals surface area (Å²) in [7, 11) is 0. The molecule has 3 rings (SSSR count). The first-order chi connectivity index (χ1) is 12.9. The number of benzene rings is 2. The highest BCUT2D eigenvalue weighted by Crippen LogP contribution is 2.34. The molecule has 0 fully saturated rings. The van der Waals surface area contributed by atoms with E-state index in [-0.39, 0.29) is 0 Å². The number of rotatable bonds is 5. The van der Waals surface area contributed by atoms with E-state index in [0.29, 0.717) is 5.75 Å². The number of phenolic OH excluding ortho intramolecular Hbond substituents is 1. The van der Waals surface area contributed by atoms with E-state index in [1.807, 2.05) is 29.5 Å². The van der Waals surface area contributed by atoms with Gasteiger partial charge in [-0.05, 0) is 96.3 Å². The molecule has 2 aromatic carbocycles. The zero-order valence-corrected chi connectivity index (χ0v) is 18.2. The van der Waals surface area contributed by atoms with Crippen LogP contribution in [0.3, 0.4) is 0 Å². The fourth-order valence-corrected chi connectivity index (χ4v) is 4.68. The Kier molecular flexibility index (Phi) is 7.67. The van der Waals surface area contributed by atoms with Crippen LogP contribution < -0.4 is 0 Å². The van der Waals surface area contributed by atoms with Gasteiger partial charge < -0.3 is 5.11 Å². The van der Waals surface area contributed by atoms with Crippen LogP contribution >= 0.6 is 11.3 Å². The van der Waals surface area contributed by atoms with E-state index >= 15 is 0 Å². The summed E-state index contributed by atoms with van der Waals surface area (Å²) in [6.45, 7) is 14.7. The Balaban J connectivity index is 0.000000817. The molecule has 0 aliphatic rings. The lowest BCUT2D eigenvalue weighted by atomic mass is 9.94. The van der Waals surface area contributed by atoms with Gasteiger partial charge in [-0.25, -0.2) is 0 Å². The highest BCUT2D eigenvalue weighted by molar-refractivity contribution is 7.17. The fraction of sp³-hybridized carbons (Fsp3) is 0.360. The second-order valence-corrected chi connectivity index (χ2v) is 8.13. The topological polar surface area (TPSA) is 20.2 Å². The summed E-state index contributed by atoms with van der Waals surface area (Å²) in [6.07, 6.45) is 6.20. The molecule has 27 heavy (non-hydrogen) atoms. The molecule has 1 nitrogen and oxygen atoms in total. The summed E-state index contributed by atoms with van der Waals surface area (Å²) in [5, 5.41) is 13.3. The van der Waals surface area contributed by atoms with Crippen molar-refractivity contribution in [2.45, 2.75) is 60.3 Å². The third-order valence-corrected chi connectivity index (χ3v) is 5.98. The molecule has 2 heteroatoms. The number of hydrogen-bond donors (Lipinski definition) is 1. The number of allylic oxidation sites excluding steroid dienone is 1. The normalized spacial score (nSPS) is 10.6. The molecule has 0 bridgehead atoms. The quantitative estimate of drug-likeness (QED) is 0.455. The Morgan fingerprint density at radius 1 is 0.963 bits per heavy atom. The van der Waals surface area contributed by atoms with Gasteiger partial charge in [-0.15, -0.1) is 17.9 Å². The lowest BCUT2D eigenvalue weighted by Crippen LogP contribution is -1.98. The minimum atomic E-state index is 0.345. The number of phenols is 1. The van der Waals surface area contributed by atoms with E-state index in [0.717, 1.165) is 24.8 Å². The monoisotopic (exact) mass is 380 g/mol. The molecule has 0 amide bonds. The van der Waals surface area contributed by atoms with E-state index in [1.165, 1.54) is 44.3 Å². The molecule has 1 N–H and O–H groups in total. The standard InChI is InChI=1S/C22H24OS.C3H8/c1-5-6-19-13-24-22-16(4)18(11-15(3)21(19)22)8-7-17-9-10-20(23)12-14(17)2;1-3-2/h5,9-13,23H,1,6-8H2,2-4H3;3H2,1-2H3. The van der Waals surface area contributed by atoms with Crippen molar-refractivity contribution in [1.29, 1.82) is 0 Å². The van der Waals surface area contributed by atoms with E-state index in [2.05, 4.69) is 52.6 Å². The number of fused-ring (bicyclic) bond motifs is 1. The first kappa shape index (κ1) is 21.2. The second-order valence-electron chi connectivity index (χ2n) is 7.25. The third kappa shape index (κ3) is 5.01. The molecule has 0 spiro atoms. The molecule has 0 saturated carbocycles. The van der Waals surface area contributed by atoms with Crippen LogP contribution in [0.5, 0.6) is 5.75 Å². The lowest BCUT2D eigenvalue weighted by molar-refractivity contribution is 0.474. The average Bonchev–Trinajstić information content (AvgIpc) is 3.04. The summed E-state index contributed by atoms with van der Waals surface area (Å²) >= 11 is 1.85. The SMILES string of the molecule is C=CCc1csc2c(C)c(CCc3ccc(O)cc3C)cc(C)c12.CCC. The van der Waals surface area contributed by atoms with Gasteiger partial charge >= 0.3 is 0 Å². The van der Waals surface area contributed by atoms with Crippen molar-refractivity contribution in [2.24, 2.45) is 0 Å². The van der Waals surface area contributed by atoms with Crippen LogP contribution in [0.1, 0.15) is 53.6 Å². The van der Waals surface area contributed by atoms with Crippen molar-refractivity contribution in [3.63, 3.8) is 0 Å². The Labute approximate surface area is 168 Å². The largest absolute Gasteiger partial charge is 0.508 e. The molecule has 0 saturated heterocycles. The van der Waals surface area contributed by atoms with Crippen LogP contribution in [0.25, 0.3) is 10.1 Å². The Hall–Kier alpha value is -2.06. The molecule has 0 unspecified atom stereocenters. The van der Waals surface area contributed by atoms with Crippen molar-refractivity contribution in [2.75, 3.05) is 0 Å². The third-order valence-electron chi connectivity index (χ3n) is 4.83. The zero-order valence-electron chi connectivity index (χ0n) is 17.4. The van der Waals surface area contributed by atoms with Gasteiger partial charge in [-0.1, -0.05) is 38.5 Å². The first-order valence-electron chi connectivity index (χ1n) is 9.81. The molecular weight excluding hydrogens is 348 g/mol. The van der Waals surface area contributed by atoms with E-state index in [4.69, 9.17) is 0 Å². The molecular formula is C25H32OS. The van der Waals surface area contributed by atoms with Crippen molar-refractivity contribution in [3.8, 4) is 5.75 Å². The van der Waals surface area contributed by atoms with E-state index in [1.54, 1.807) is 6.07 Å². The molecule has 1 aromatic heterocycles. The predicted octanol–water partition coefficient (Wildman–Crippen LogP) is 7.46. The van der Waals surface area contributed by atoms with Crippen molar-refractivity contribution >= 4 is 21.4 Å². The summed E-state index contributed by atoms with van der Waals surface area (Å²) < 4.78 is 1.42. The predicted molar refractivity (Wildman–Crippen MR) is 121 cm³/mol. The molecule has 0 aliphatic heterocycles. The Morgan fingerprint density at radius 2 is 1.63 bits per heavy atom. The maximum atomic E-state index is 9.56. The minimum Gasteiger partial charge on any atom is -0.508 e. The molecule has 144 valence electrons. The van der Waals surface area contributed by atoms with Crippen molar-refractivity contribution in [1.82, 2.24) is 0 Å². The van der Waals surface area contributed by atoms with Gasteiger partial charge in [0.1, 0.15) is 5.75 Å². The van der Waals surface area contributed by atoms with Gasteiger partial charge in [0, 0.05) is 4.70 Å². The fourth-order valence-electron chi connectivity index (χ4n) is 3.48. The van der Waals surface area contributed by atoms with E-state index < -0.39 is 0 Å². The molecule has 1 heterocycles. The number of aryl methyl sites for hydroxylation is 5. The number of aromatic hydroxyl groups is 1. The van der Waals surface area contributed by atoms with Crippen LogP contribution in [0.2, 0.25) is 0 Å². The van der Waals surface area contributed by atoms with Crippen LogP contribution in [0, 0.1) is 20.8 Å². The summed E-state index contributed by atoms with van der Waals surface area (Å²) in [4.78, 5) is 0. The summed E-state index contributed by atoms with van der Waals surface area (Å²) in [5.74, 6) is 0.345. The summed E-state index contributed by atoms with van der Waals surface area (Å²) in [5.41, 5.74) is 8.07. The molecule has 0 radical (unpaired) electrons. The summed E-state index contributed by atoms with van der Waals surface area (Å²) in [6, 6.07) is 8.02. The number of hydrogen-bond acceptors (Lipinski definition) is 2. The van der Waals surface area contributed by atoms with E-state index in [9.17, 15) is 5.11 Å². The van der Waals surface area contributed by atoms with Gasteiger partial charge in [0.25, 0.3) is 0 Å². The van der Waals surface area contributed by atoms with Gasteiger partial charge in [0.05, 0.1) is 0 Å². The Bertz CT molecular complexity index is 918. The van der Waals surface area contributed by atoms with Crippen LogP contribution in [0.15, 0.2) is 42.3 Å². The van der Waals surface area contributed by atoms with Gasteiger partial charge in [0.15, 0.2) is 0 Å². The van der Waals surface area contributed by atoms with Crippen LogP contribution in [-0.4, -0.2) is 5.11 Å². The molecule has 0 atom stereocenters. The lowest BCUT2D eigenvalue weighted by Gasteiger charge is -2.12. The highest BCUT2D eigenvalue weighted by Gasteiger charge is 2.12. The van der Waals surface area contributed by atoms with Crippen LogP contribution in [-0.2, 0) is 19.3 Å². The van der Waals surface area contributed by atoms with Crippen molar-refractivity contribution < 1.29 is 5.11 Å². The first-order valence-corrected chi connectivity index (χ1v) is 10.7. The number of thiophene rings is 1. The van der Waals surface area contributed by atoms with Gasteiger partial charge in [-0.3, -0.25) is 0 Å². The van der Waals surface area contributed by atoms with Crippen molar-refractivity contribution in [3.05, 3.63) is 75.7 Å². The zero-order chi connectivity index (χ0) is 20.0. The Morgan fingerprint density at radius 3 is 2.26 bits per heavy atom. The molecule has 0 aliphatic carbocycles. The van der Waals surface area contributed by atoms with Gasteiger partial charge in [0.2, 0.25) is 0 Å². The second kappa shape index (κ2) is 9.75. The van der Waals surface area contributed by atoms with Crippen LogP contribution in [0.4, 0.5) is 0 Å². The highest BCUT2D eigenvalue weighted by atomic mass is 32.1. The minimum absolute atomic E-state index is 0.345. The maximum Gasteiger partial charge on any atom is 0.115 e. The maximum absolute atomic E-state index is 9.56.